The highest BCUT2D eigenvalue weighted by atomic mass is 15.2. The fourth-order valence-electron chi connectivity index (χ4n) is 15.2. The van der Waals surface area contributed by atoms with Crippen LogP contribution in [0.15, 0.2) is 291 Å². The maximum Gasteiger partial charge on any atom is 0.252 e. The molecule has 0 spiro atoms. The zero-order chi connectivity index (χ0) is 59.6. The quantitative estimate of drug-likeness (QED) is 0.141. The lowest BCUT2D eigenvalue weighted by Gasteiger charge is -2.47. The molecule has 17 rings (SSSR count). The zero-order valence-corrected chi connectivity index (χ0v) is 50.6. The number of hydrogen-bond acceptors (Lipinski definition) is 2. The first kappa shape index (κ1) is 52.5. The second-order valence-electron chi connectivity index (χ2n) is 25.2. The van der Waals surface area contributed by atoms with Gasteiger partial charge in [-0.1, -0.05) is 263 Å². The molecule has 0 saturated heterocycles. The van der Waals surface area contributed by atoms with Gasteiger partial charge in [0.1, 0.15) is 0 Å². The average molecular weight is 1140 g/mol. The molecule has 2 aliphatic rings. The Balaban J connectivity index is 1.07. The van der Waals surface area contributed by atoms with Gasteiger partial charge in [0.2, 0.25) is 0 Å². The summed E-state index contributed by atoms with van der Waals surface area (Å²) in [7, 11) is 0. The first-order chi connectivity index (χ1) is 43.7. The fraction of sp³-hybridized carbons (Fsp3) is 0.0714. The molecule has 15 aromatic rings. The summed E-state index contributed by atoms with van der Waals surface area (Å²) in [6, 6.07) is 109. The Morgan fingerprint density at radius 3 is 0.876 bits per heavy atom. The number of fused-ring (bicyclic) bond motifs is 10. The Hall–Kier alpha value is -10.9. The standard InChI is InChI=1S/C84H63BN4/c1-54-71(86-73-44-22-18-36-65(73)66-37-19-23-45-74(66)86)50-48-69-80(54)88(82-61(56-28-10-6-11-29-56)40-26-41-62(82)57-30-12-7-13-31-57)77-52-60(84(3,4)5)53-78-79(77)85(69)70-49-51-72(87-75-46-24-20-38-67(75)68-39-21-25-47-76(68)87)55(2)81(70)89(78)83-63(58-32-14-8-15-33-58)42-27-43-64(83)59-34-16-9-17-35-59/h6-53H,1-5H3. The summed E-state index contributed by atoms with van der Waals surface area (Å²) < 4.78 is 5.05. The second kappa shape index (κ2) is 20.4. The highest BCUT2D eigenvalue weighted by molar-refractivity contribution is 7.00. The predicted octanol–water partition coefficient (Wildman–Crippen LogP) is 20.5. The Kier molecular flexibility index (Phi) is 12.0. The van der Waals surface area contributed by atoms with Gasteiger partial charge in [0.25, 0.3) is 6.71 Å². The van der Waals surface area contributed by atoms with E-state index >= 15 is 0 Å². The summed E-state index contributed by atoms with van der Waals surface area (Å²) in [5, 5.41) is 4.96. The van der Waals surface area contributed by atoms with Gasteiger partial charge in [-0.25, -0.2) is 0 Å². The van der Waals surface area contributed by atoms with Crippen LogP contribution in [0.2, 0.25) is 0 Å². The van der Waals surface area contributed by atoms with Crippen molar-refractivity contribution in [1.82, 2.24) is 9.13 Å². The van der Waals surface area contributed by atoms with Gasteiger partial charge in [0.15, 0.2) is 0 Å². The third-order valence-corrected chi connectivity index (χ3v) is 19.2. The third-order valence-electron chi connectivity index (χ3n) is 19.2. The Morgan fingerprint density at radius 1 is 0.281 bits per heavy atom. The summed E-state index contributed by atoms with van der Waals surface area (Å²) in [6.07, 6.45) is 0. The van der Waals surface area contributed by atoms with Crippen molar-refractivity contribution in [3.8, 4) is 55.9 Å². The number of para-hydroxylation sites is 6. The molecule has 0 atom stereocenters. The van der Waals surface area contributed by atoms with Gasteiger partial charge in [0, 0.05) is 66.5 Å². The van der Waals surface area contributed by atoms with Gasteiger partial charge in [-0.3, -0.25) is 0 Å². The molecule has 4 nitrogen and oxygen atoms in total. The highest BCUT2D eigenvalue weighted by Gasteiger charge is 2.47. The van der Waals surface area contributed by atoms with Gasteiger partial charge in [0.05, 0.1) is 44.8 Å². The molecule has 2 aromatic heterocycles. The minimum absolute atomic E-state index is 0.198. The van der Waals surface area contributed by atoms with E-state index in [-0.39, 0.29) is 12.1 Å². The smallest absolute Gasteiger partial charge is 0.252 e. The average Bonchev–Trinajstić information content (AvgIpc) is 1.08. The molecule has 422 valence electrons. The van der Waals surface area contributed by atoms with Gasteiger partial charge in [-0.15, -0.1) is 0 Å². The zero-order valence-electron chi connectivity index (χ0n) is 50.6. The molecular weight excluding hydrogens is 1080 g/mol. The largest absolute Gasteiger partial charge is 0.310 e. The van der Waals surface area contributed by atoms with Crippen LogP contribution >= 0.6 is 0 Å². The van der Waals surface area contributed by atoms with Gasteiger partial charge >= 0.3 is 0 Å². The lowest BCUT2D eigenvalue weighted by atomic mass is 9.33. The minimum atomic E-state index is -0.291. The number of benzene rings is 13. The number of anilines is 6. The number of aromatic nitrogens is 2. The Bertz CT molecular complexity index is 4780. The van der Waals surface area contributed by atoms with Crippen molar-refractivity contribution in [2.45, 2.75) is 40.0 Å². The number of hydrogen-bond donors (Lipinski definition) is 0. The van der Waals surface area contributed by atoms with Gasteiger partial charge < -0.3 is 18.9 Å². The van der Waals surface area contributed by atoms with Crippen molar-refractivity contribution in [3.05, 3.63) is 308 Å². The molecule has 4 heterocycles. The molecule has 0 bridgehead atoms. The normalized spacial score (nSPS) is 12.7. The van der Waals surface area contributed by atoms with Crippen LogP contribution in [0.4, 0.5) is 34.1 Å². The maximum atomic E-state index is 2.72. The molecule has 2 aliphatic heterocycles. The van der Waals surface area contributed by atoms with Crippen LogP contribution in [0.25, 0.3) is 99.5 Å². The van der Waals surface area contributed by atoms with Crippen LogP contribution in [-0.4, -0.2) is 15.8 Å². The topological polar surface area (TPSA) is 16.3 Å². The SMILES string of the molecule is Cc1c(-n2c3ccccc3c3ccccc32)ccc2c1N(c1c(-c3ccccc3)cccc1-c1ccccc1)c1cc(C(C)(C)C)cc3c1B2c1ccc(-n2c4ccccc4c4ccccc42)c(C)c1N3c1c(-c2ccccc2)cccc1-c1ccccc1. The van der Waals surface area contributed by atoms with Crippen LogP contribution in [0, 0.1) is 13.8 Å². The maximum absolute atomic E-state index is 2.72. The lowest BCUT2D eigenvalue weighted by Crippen LogP contribution is -2.62. The van der Waals surface area contributed by atoms with Crippen molar-refractivity contribution in [3.63, 3.8) is 0 Å². The first-order valence-electron chi connectivity index (χ1n) is 31.2. The first-order valence-corrected chi connectivity index (χ1v) is 31.2. The molecule has 0 radical (unpaired) electrons. The monoisotopic (exact) mass is 1140 g/mol. The molecule has 0 fully saturated rings. The van der Waals surface area contributed by atoms with Crippen LogP contribution in [0.1, 0.15) is 37.5 Å². The third kappa shape index (κ3) is 8.01. The van der Waals surface area contributed by atoms with E-state index in [2.05, 4.69) is 345 Å². The van der Waals surface area contributed by atoms with Crippen molar-refractivity contribution in [2.24, 2.45) is 0 Å². The Morgan fingerprint density at radius 2 is 0.573 bits per heavy atom. The van der Waals surface area contributed by atoms with Crippen LogP contribution in [-0.2, 0) is 5.41 Å². The van der Waals surface area contributed by atoms with Crippen molar-refractivity contribution in [1.29, 1.82) is 0 Å². The summed E-state index contributed by atoms with van der Waals surface area (Å²) in [4.78, 5) is 5.45. The molecule has 5 heteroatoms. The van der Waals surface area contributed by atoms with Gasteiger partial charge in [-0.2, -0.15) is 0 Å². The molecule has 13 aromatic carbocycles. The van der Waals surface area contributed by atoms with E-state index in [9.17, 15) is 0 Å². The molecular formula is C84H63BN4. The molecule has 0 aliphatic carbocycles. The van der Waals surface area contributed by atoms with Gasteiger partial charge in [-0.05, 0) is 123 Å². The summed E-state index contributed by atoms with van der Waals surface area (Å²) in [5.41, 5.74) is 30.5. The van der Waals surface area contributed by atoms with E-state index < -0.39 is 0 Å². The molecule has 0 N–H and O–H groups in total. The van der Waals surface area contributed by atoms with E-state index in [0.717, 1.165) is 67.3 Å². The second-order valence-corrected chi connectivity index (χ2v) is 25.2. The number of nitrogens with zero attached hydrogens (tertiary/aromatic N) is 4. The van der Waals surface area contributed by atoms with Crippen LogP contribution in [0.5, 0.6) is 0 Å². The molecule has 0 amide bonds. The van der Waals surface area contributed by atoms with E-state index in [1.165, 1.54) is 99.4 Å². The number of rotatable bonds is 8. The van der Waals surface area contributed by atoms with E-state index in [4.69, 9.17) is 0 Å². The summed E-state index contributed by atoms with van der Waals surface area (Å²) >= 11 is 0. The highest BCUT2D eigenvalue weighted by Crippen LogP contribution is 2.55. The lowest BCUT2D eigenvalue weighted by molar-refractivity contribution is 0.590. The van der Waals surface area contributed by atoms with Crippen molar-refractivity contribution in [2.75, 3.05) is 9.80 Å². The fourth-order valence-corrected chi connectivity index (χ4v) is 15.2. The minimum Gasteiger partial charge on any atom is -0.310 e. The Labute approximate surface area is 520 Å². The van der Waals surface area contributed by atoms with E-state index in [0.29, 0.717) is 0 Å². The van der Waals surface area contributed by atoms with Crippen molar-refractivity contribution >= 4 is 101 Å². The molecule has 0 unspecified atom stereocenters. The summed E-state index contributed by atoms with van der Waals surface area (Å²) in [6.45, 7) is 11.8. The van der Waals surface area contributed by atoms with E-state index in [1.807, 2.05) is 0 Å². The van der Waals surface area contributed by atoms with Crippen molar-refractivity contribution < 1.29 is 0 Å². The molecule has 0 saturated carbocycles. The molecule has 89 heavy (non-hydrogen) atoms. The van der Waals surface area contributed by atoms with Crippen LogP contribution in [0.3, 0.4) is 0 Å². The summed E-state index contributed by atoms with van der Waals surface area (Å²) in [5.74, 6) is 0. The van der Waals surface area contributed by atoms with Crippen LogP contribution < -0.4 is 26.2 Å². The predicted molar refractivity (Wildman–Crippen MR) is 379 cm³/mol. The van der Waals surface area contributed by atoms with E-state index in [1.54, 1.807) is 0 Å².